The van der Waals surface area contributed by atoms with Crippen LogP contribution in [0.2, 0.25) is 0 Å². The first kappa shape index (κ1) is 19.9. The molecule has 26 heavy (non-hydrogen) atoms. The Bertz CT molecular complexity index is 644. The van der Waals surface area contributed by atoms with Gasteiger partial charge in [0, 0.05) is 44.9 Å². The lowest BCUT2D eigenvalue weighted by Gasteiger charge is -2.37. The number of halogens is 3. The van der Waals surface area contributed by atoms with E-state index in [1.165, 1.54) is 25.1 Å². The summed E-state index contributed by atoms with van der Waals surface area (Å²) in [5.74, 6) is -0.674. The van der Waals surface area contributed by atoms with Gasteiger partial charge in [0.05, 0.1) is 0 Å². The minimum atomic E-state index is -4.73. The van der Waals surface area contributed by atoms with Gasteiger partial charge in [0.2, 0.25) is 11.8 Å². The van der Waals surface area contributed by atoms with E-state index < -0.39 is 12.4 Å². The van der Waals surface area contributed by atoms with Gasteiger partial charge in [0.15, 0.2) is 0 Å². The van der Waals surface area contributed by atoms with Gasteiger partial charge in [-0.05, 0) is 18.6 Å². The van der Waals surface area contributed by atoms with Gasteiger partial charge in [-0.2, -0.15) is 0 Å². The molecule has 1 aromatic rings. The minimum absolute atomic E-state index is 0.142. The van der Waals surface area contributed by atoms with Gasteiger partial charge in [-0.25, -0.2) is 0 Å². The largest absolute Gasteiger partial charge is 0.573 e. The number of carbonyl (C=O) groups excluding carboxylic acids is 2. The van der Waals surface area contributed by atoms with Crippen LogP contribution in [0.1, 0.15) is 20.3 Å². The molecule has 1 aliphatic heterocycles. The molecule has 1 aromatic carbocycles. The zero-order valence-corrected chi connectivity index (χ0v) is 14.7. The summed E-state index contributed by atoms with van der Waals surface area (Å²) in [6, 6.07) is 5.22. The van der Waals surface area contributed by atoms with Crippen molar-refractivity contribution in [2.24, 2.45) is 0 Å². The molecule has 0 unspecified atom stereocenters. The Hall–Kier alpha value is -2.45. The highest BCUT2D eigenvalue weighted by atomic mass is 19.4. The molecule has 0 radical (unpaired) electrons. The number of rotatable bonds is 5. The zero-order chi connectivity index (χ0) is 19.3. The topological polar surface area (TPSA) is 61.9 Å². The Morgan fingerprint density at radius 2 is 1.88 bits per heavy atom. The summed E-state index contributed by atoms with van der Waals surface area (Å²) < 4.78 is 41.0. The van der Waals surface area contributed by atoms with Gasteiger partial charge in [0.25, 0.3) is 0 Å². The minimum Gasteiger partial charge on any atom is -0.406 e. The number of nitrogens with zero attached hydrogens (tertiary/aromatic N) is 2. The maximum absolute atomic E-state index is 12.5. The van der Waals surface area contributed by atoms with Gasteiger partial charge >= 0.3 is 6.36 Å². The van der Waals surface area contributed by atoms with Crippen LogP contribution >= 0.6 is 0 Å². The number of amides is 2. The second-order valence-corrected chi connectivity index (χ2v) is 6.02. The molecule has 1 N–H and O–H groups in total. The van der Waals surface area contributed by atoms with Gasteiger partial charge in [-0.15, -0.1) is 13.2 Å². The highest BCUT2D eigenvalue weighted by Crippen LogP contribution is 2.27. The molecule has 0 saturated carbocycles. The Morgan fingerprint density at radius 3 is 2.42 bits per heavy atom. The van der Waals surface area contributed by atoms with E-state index in [2.05, 4.69) is 10.1 Å². The lowest BCUT2D eigenvalue weighted by atomic mass is 10.1. The van der Waals surface area contributed by atoms with Crippen LogP contribution in [0.15, 0.2) is 24.3 Å². The van der Waals surface area contributed by atoms with Crippen LogP contribution in [-0.4, -0.2) is 55.3 Å². The molecule has 0 bridgehead atoms. The van der Waals surface area contributed by atoms with E-state index >= 15 is 0 Å². The first-order valence-electron chi connectivity index (χ1n) is 8.36. The van der Waals surface area contributed by atoms with E-state index in [1.54, 1.807) is 11.0 Å². The van der Waals surface area contributed by atoms with Crippen LogP contribution in [0.5, 0.6) is 5.75 Å². The Kier molecular flexibility index (Phi) is 6.33. The smallest absolute Gasteiger partial charge is 0.406 e. The Labute approximate surface area is 149 Å². The Balaban J connectivity index is 1.97. The second kappa shape index (κ2) is 8.29. The molecule has 1 atom stereocenters. The number of anilines is 1. The predicted molar refractivity (Wildman–Crippen MR) is 89.8 cm³/mol. The predicted octanol–water partition coefficient (Wildman–Crippen LogP) is 2.15. The van der Waals surface area contributed by atoms with Crippen LogP contribution < -0.4 is 15.0 Å². The van der Waals surface area contributed by atoms with Crippen molar-refractivity contribution in [1.82, 2.24) is 10.2 Å². The summed E-state index contributed by atoms with van der Waals surface area (Å²) in [4.78, 5) is 27.2. The fourth-order valence-electron chi connectivity index (χ4n) is 2.87. The third kappa shape index (κ3) is 5.53. The average Bonchev–Trinajstić information content (AvgIpc) is 2.58. The number of hydrogen-bond acceptors (Lipinski definition) is 4. The maximum Gasteiger partial charge on any atom is 0.573 e. The van der Waals surface area contributed by atoms with Crippen LogP contribution in [0.4, 0.5) is 18.9 Å². The van der Waals surface area contributed by atoms with Crippen LogP contribution in [0, 0.1) is 0 Å². The first-order valence-corrected chi connectivity index (χ1v) is 8.36. The molecule has 0 aromatic heterocycles. The summed E-state index contributed by atoms with van der Waals surface area (Å²) in [5, 5.41) is 2.63. The van der Waals surface area contributed by atoms with Crippen molar-refractivity contribution >= 4 is 17.5 Å². The molecule has 1 heterocycles. The van der Waals surface area contributed by atoms with Crippen molar-refractivity contribution in [3.05, 3.63) is 24.3 Å². The fraction of sp³-hybridized carbons (Fsp3) is 0.529. The molecular formula is C17H22F3N3O3. The molecule has 1 saturated heterocycles. The van der Waals surface area contributed by atoms with E-state index in [-0.39, 0.29) is 17.6 Å². The number of piperazine rings is 1. The lowest BCUT2D eigenvalue weighted by molar-refractivity contribution is -0.274. The van der Waals surface area contributed by atoms with E-state index in [9.17, 15) is 22.8 Å². The number of benzene rings is 1. The monoisotopic (exact) mass is 373 g/mol. The molecule has 1 fully saturated rings. The summed E-state index contributed by atoms with van der Waals surface area (Å²) >= 11 is 0. The number of hydrogen-bond donors (Lipinski definition) is 1. The molecule has 0 aliphatic carbocycles. The fourth-order valence-corrected chi connectivity index (χ4v) is 2.87. The lowest BCUT2D eigenvalue weighted by Crippen LogP contribution is -2.54. The van der Waals surface area contributed by atoms with Gasteiger partial charge < -0.3 is 19.9 Å². The molecule has 9 heteroatoms. The van der Waals surface area contributed by atoms with Crippen molar-refractivity contribution in [2.75, 3.05) is 31.1 Å². The van der Waals surface area contributed by atoms with Crippen LogP contribution in [0.25, 0.3) is 0 Å². The Morgan fingerprint density at radius 1 is 1.23 bits per heavy atom. The SMILES string of the molecule is CC[C@H](NC(C)=O)C(=O)N1CCN(c2cccc(OC(F)(F)F)c2)CC1. The zero-order valence-electron chi connectivity index (χ0n) is 14.7. The van der Waals surface area contributed by atoms with Crippen molar-refractivity contribution in [3.63, 3.8) is 0 Å². The van der Waals surface area contributed by atoms with Crippen molar-refractivity contribution in [2.45, 2.75) is 32.7 Å². The van der Waals surface area contributed by atoms with Crippen molar-refractivity contribution < 1.29 is 27.5 Å². The summed E-state index contributed by atoms with van der Waals surface area (Å²) in [6.07, 6.45) is -4.24. The van der Waals surface area contributed by atoms with E-state index in [0.29, 0.717) is 38.3 Å². The van der Waals surface area contributed by atoms with Crippen molar-refractivity contribution in [1.29, 1.82) is 0 Å². The van der Waals surface area contributed by atoms with Gasteiger partial charge in [-0.1, -0.05) is 13.0 Å². The summed E-state index contributed by atoms with van der Waals surface area (Å²) in [7, 11) is 0. The van der Waals surface area contributed by atoms with Gasteiger partial charge in [0.1, 0.15) is 11.8 Å². The molecule has 2 rings (SSSR count). The molecule has 1 aliphatic rings. The quantitative estimate of drug-likeness (QED) is 0.859. The molecule has 0 spiro atoms. The standard InChI is InChI=1S/C17H22F3N3O3/c1-3-15(21-12(2)24)16(25)23-9-7-22(8-10-23)13-5-4-6-14(11-13)26-17(18,19)20/h4-6,11,15H,3,7-10H2,1-2H3,(H,21,24)/t15-/m0/s1. The highest BCUT2D eigenvalue weighted by molar-refractivity contribution is 5.87. The molecule has 144 valence electrons. The van der Waals surface area contributed by atoms with E-state index in [4.69, 9.17) is 0 Å². The first-order chi connectivity index (χ1) is 12.2. The number of carbonyl (C=O) groups is 2. The summed E-state index contributed by atoms with van der Waals surface area (Å²) in [6.45, 7) is 5.01. The normalized spacial score (nSPS) is 16.2. The second-order valence-electron chi connectivity index (χ2n) is 6.02. The number of alkyl halides is 3. The average molecular weight is 373 g/mol. The third-order valence-corrected chi connectivity index (χ3v) is 4.09. The van der Waals surface area contributed by atoms with E-state index in [0.717, 1.165) is 0 Å². The number of ether oxygens (including phenoxy) is 1. The molecular weight excluding hydrogens is 351 g/mol. The van der Waals surface area contributed by atoms with Gasteiger partial charge in [-0.3, -0.25) is 9.59 Å². The van der Waals surface area contributed by atoms with Crippen LogP contribution in [0.3, 0.4) is 0 Å². The highest BCUT2D eigenvalue weighted by Gasteiger charge is 2.31. The third-order valence-electron chi connectivity index (χ3n) is 4.09. The molecule has 2 amide bonds. The maximum atomic E-state index is 12.5. The van der Waals surface area contributed by atoms with Crippen molar-refractivity contribution in [3.8, 4) is 5.75 Å². The van der Waals surface area contributed by atoms with E-state index in [1.807, 2.05) is 11.8 Å². The number of nitrogens with one attached hydrogen (secondary N) is 1. The summed E-state index contributed by atoms with van der Waals surface area (Å²) in [5.41, 5.74) is 0.604. The van der Waals surface area contributed by atoms with Crippen LogP contribution in [-0.2, 0) is 9.59 Å². The molecule has 6 nitrogen and oxygen atoms in total.